The van der Waals surface area contributed by atoms with Gasteiger partial charge in [-0.05, 0) is 26.8 Å². The average molecular weight is 136 g/mol. The zero-order valence-corrected chi connectivity index (χ0v) is 6.63. The molecule has 10 heavy (non-hydrogen) atoms. The first-order valence-corrected chi connectivity index (χ1v) is 3.46. The third kappa shape index (κ3) is 1.79. The van der Waals surface area contributed by atoms with Crippen LogP contribution in [0.25, 0.3) is 0 Å². The van der Waals surface area contributed by atoms with Crippen molar-refractivity contribution in [3.05, 3.63) is 23.4 Å². The van der Waals surface area contributed by atoms with Gasteiger partial charge < -0.3 is 0 Å². The molecule has 0 aromatic carbocycles. The summed E-state index contributed by atoms with van der Waals surface area (Å²) in [6, 6.07) is 0.230. The molecule has 0 aromatic heterocycles. The first-order valence-electron chi connectivity index (χ1n) is 3.46. The molecular formula is C8H12N2. The van der Waals surface area contributed by atoms with Crippen molar-refractivity contribution in [2.45, 2.75) is 26.8 Å². The van der Waals surface area contributed by atoms with Gasteiger partial charge >= 0.3 is 0 Å². The molecule has 2 heteroatoms. The predicted molar refractivity (Wildman–Crippen MR) is 41.8 cm³/mol. The van der Waals surface area contributed by atoms with Gasteiger partial charge in [0, 0.05) is 0 Å². The van der Waals surface area contributed by atoms with Crippen LogP contribution in [0.4, 0.5) is 0 Å². The molecule has 0 saturated heterocycles. The molecule has 0 spiro atoms. The minimum absolute atomic E-state index is 0.230. The fraction of sp³-hybridized carbons (Fsp3) is 0.500. The molecule has 1 rings (SSSR count). The topological polar surface area (TPSA) is 24.7 Å². The Hall–Kier alpha value is -0.920. The van der Waals surface area contributed by atoms with E-state index in [1.807, 2.05) is 19.9 Å². The number of allylic oxidation sites excluding steroid dienone is 3. The second-order valence-electron chi connectivity index (χ2n) is 2.65. The van der Waals surface area contributed by atoms with E-state index in [9.17, 15) is 0 Å². The summed E-state index contributed by atoms with van der Waals surface area (Å²) in [5.74, 6) is 0. The Bertz CT molecular complexity index is 211. The van der Waals surface area contributed by atoms with Gasteiger partial charge in [0.05, 0.1) is 11.7 Å². The van der Waals surface area contributed by atoms with Crippen molar-refractivity contribution in [1.82, 2.24) is 0 Å². The molecule has 54 valence electrons. The van der Waals surface area contributed by atoms with Crippen molar-refractivity contribution in [2.75, 3.05) is 0 Å². The smallest absolute Gasteiger partial charge is 0.0870 e. The molecule has 1 unspecified atom stereocenters. The lowest BCUT2D eigenvalue weighted by Gasteiger charge is -1.92. The molecule has 2 nitrogen and oxygen atoms in total. The van der Waals surface area contributed by atoms with Crippen LogP contribution in [0.1, 0.15) is 20.8 Å². The number of azo groups is 1. The van der Waals surface area contributed by atoms with Gasteiger partial charge in [0.15, 0.2) is 0 Å². The molecule has 0 radical (unpaired) electrons. The van der Waals surface area contributed by atoms with Crippen LogP contribution in [-0.2, 0) is 0 Å². The predicted octanol–water partition coefficient (Wildman–Crippen LogP) is 2.69. The molecule has 0 fully saturated rings. The van der Waals surface area contributed by atoms with E-state index in [2.05, 4.69) is 23.2 Å². The summed E-state index contributed by atoms with van der Waals surface area (Å²) < 4.78 is 0. The zero-order chi connectivity index (χ0) is 7.56. The second-order valence-corrected chi connectivity index (χ2v) is 2.65. The van der Waals surface area contributed by atoms with Crippen LogP contribution < -0.4 is 0 Å². The first-order chi connectivity index (χ1) is 4.68. The minimum atomic E-state index is 0.230. The maximum absolute atomic E-state index is 4.04. The number of hydrogen-bond donors (Lipinski definition) is 0. The van der Waals surface area contributed by atoms with Gasteiger partial charge in [-0.1, -0.05) is 11.6 Å². The van der Waals surface area contributed by atoms with Crippen molar-refractivity contribution in [3.63, 3.8) is 0 Å². The summed E-state index contributed by atoms with van der Waals surface area (Å²) in [6.45, 7) is 6.05. The molecule has 0 N–H and O–H groups in total. The van der Waals surface area contributed by atoms with Crippen LogP contribution in [-0.4, -0.2) is 6.04 Å². The standard InChI is InChI=1S/C8H12N2/c1-6-4-7(2)9-10-8(3)5-6/h4-5,7H,1-3H3. The largest absolute Gasteiger partial charge is 0.182 e. The molecule has 1 heterocycles. The Morgan fingerprint density at radius 2 is 2.10 bits per heavy atom. The summed E-state index contributed by atoms with van der Waals surface area (Å²) in [5, 5.41) is 8.02. The normalized spacial score (nSPS) is 25.3. The number of nitrogens with zero attached hydrogens (tertiary/aromatic N) is 2. The molecule has 0 saturated carbocycles. The lowest BCUT2D eigenvalue weighted by atomic mass is 10.2. The Labute approximate surface area is 61.4 Å². The first kappa shape index (κ1) is 7.19. The highest BCUT2D eigenvalue weighted by Gasteiger charge is 1.98. The van der Waals surface area contributed by atoms with Crippen LogP contribution in [0.2, 0.25) is 0 Å². The van der Waals surface area contributed by atoms with Crippen molar-refractivity contribution >= 4 is 0 Å². The summed E-state index contributed by atoms with van der Waals surface area (Å²) in [7, 11) is 0. The summed E-state index contributed by atoms with van der Waals surface area (Å²) in [5.41, 5.74) is 2.23. The van der Waals surface area contributed by atoms with Crippen LogP contribution in [0.3, 0.4) is 0 Å². The molecule has 0 bridgehead atoms. The molecule has 1 aliphatic heterocycles. The van der Waals surface area contributed by atoms with E-state index in [1.54, 1.807) is 0 Å². The van der Waals surface area contributed by atoms with Gasteiger partial charge in [0.25, 0.3) is 0 Å². The van der Waals surface area contributed by atoms with E-state index in [0.717, 1.165) is 5.70 Å². The Kier molecular flexibility index (Phi) is 2.00. The van der Waals surface area contributed by atoms with Crippen LogP contribution >= 0.6 is 0 Å². The third-order valence-corrected chi connectivity index (χ3v) is 1.34. The minimum Gasteiger partial charge on any atom is -0.182 e. The Morgan fingerprint density at radius 3 is 2.80 bits per heavy atom. The molecule has 0 aliphatic carbocycles. The maximum atomic E-state index is 4.04. The molecular weight excluding hydrogens is 124 g/mol. The van der Waals surface area contributed by atoms with E-state index in [-0.39, 0.29) is 6.04 Å². The lowest BCUT2D eigenvalue weighted by Crippen LogP contribution is -1.88. The van der Waals surface area contributed by atoms with E-state index < -0.39 is 0 Å². The van der Waals surface area contributed by atoms with Crippen molar-refractivity contribution in [1.29, 1.82) is 0 Å². The van der Waals surface area contributed by atoms with E-state index in [0.29, 0.717) is 0 Å². The fourth-order valence-electron chi connectivity index (χ4n) is 1.00. The van der Waals surface area contributed by atoms with Gasteiger partial charge in [-0.15, -0.1) is 0 Å². The quantitative estimate of drug-likeness (QED) is 0.489. The van der Waals surface area contributed by atoms with Crippen LogP contribution in [0.15, 0.2) is 33.7 Å². The third-order valence-electron chi connectivity index (χ3n) is 1.34. The van der Waals surface area contributed by atoms with Gasteiger partial charge in [-0.25, -0.2) is 0 Å². The van der Waals surface area contributed by atoms with Crippen molar-refractivity contribution in [3.8, 4) is 0 Å². The second kappa shape index (κ2) is 2.78. The van der Waals surface area contributed by atoms with Gasteiger partial charge in [-0.3, -0.25) is 0 Å². The molecule has 0 aromatic rings. The van der Waals surface area contributed by atoms with E-state index >= 15 is 0 Å². The lowest BCUT2D eigenvalue weighted by molar-refractivity contribution is 0.840. The van der Waals surface area contributed by atoms with E-state index in [4.69, 9.17) is 0 Å². The summed E-state index contributed by atoms with van der Waals surface area (Å²) in [6.07, 6.45) is 4.13. The summed E-state index contributed by atoms with van der Waals surface area (Å²) in [4.78, 5) is 0. The molecule has 1 atom stereocenters. The van der Waals surface area contributed by atoms with Gasteiger partial charge in [-0.2, -0.15) is 10.2 Å². The fourth-order valence-corrected chi connectivity index (χ4v) is 1.00. The Morgan fingerprint density at radius 1 is 1.40 bits per heavy atom. The monoisotopic (exact) mass is 136 g/mol. The zero-order valence-electron chi connectivity index (χ0n) is 6.63. The van der Waals surface area contributed by atoms with Gasteiger partial charge in [0.2, 0.25) is 0 Å². The summed E-state index contributed by atoms with van der Waals surface area (Å²) >= 11 is 0. The van der Waals surface area contributed by atoms with Crippen molar-refractivity contribution in [2.24, 2.45) is 10.2 Å². The Balaban J connectivity index is 2.88. The molecule has 1 aliphatic rings. The van der Waals surface area contributed by atoms with E-state index in [1.165, 1.54) is 5.57 Å². The highest BCUT2D eigenvalue weighted by molar-refractivity contribution is 5.22. The number of hydrogen-bond acceptors (Lipinski definition) is 2. The van der Waals surface area contributed by atoms with Crippen molar-refractivity contribution < 1.29 is 0 Å². The van der Waals surface area contributed by atoms with Gasteiger partial charge in [0.1, 0.15) is 0 Å². The highest BCUT2D eigenvalue weighted by Crippen LogP contribution is 2.11. The maximum Gasteiger partial charge on any atom is 0.0870 e. The number of rotatable bonds is 0. The highest BCUT2D eigenvalue weighted by atomic mass is 15.1. The average Bonchev–Trinajstić information content (AvgIpc) is 1.93. The van der Waals surface area contributed by atoms with Crippen LogP contribution in [0, 0.1) is 0 Å². The molecule has 0 amide bonds. The SMILES string of the molecule is CC1=CC(C)N=NC(C)=C1. The van der Waals surface area contributed by atoms with Crippen LogP contribution in [0.5, 0.6) is 0 Å².